The van der Waals surface area contributed by atoms with Crippen LogP contribution in [0.15, 0.2) is 35.7 Å². The average Bonchev–Trinajstić information content (AvgIpc) is 2.86. The van der Waals surface area contributed by atoms with Crippen molar-refractivity contribution in [3.63, 3.8) is 0 Å². The first-order valence-corrected chi connectivity index (χ1v) is 6.84. The summed E-state index contributed by atoms with van der Waals surface area (Å²) in [6.45, 7) is 1.94. The number of imidazole rings is 1. The van der Waals surface area contributed by atoms with Crippen LogP contribution < -0.4 is 4.72 Å². The number of aromatic amines is 1. The van der Waals surface area contributed by atoms with Gasteiger partial charge in [-0.15, -0.1) is 0 Å². The van der Waals surface area contributed by atoms with Crippen molar-refractivity contribution >= 4 is 15.7 Å². The molecule has 18 heavy (non-hydrogen) atoms. The van der Waals surface area contributed by atoms with Crippen molar-refractivity contribution in [3.05, 3.63) is 36.3 Å². The molecule has 0 unspecified atom stereocenters. The van der Waals surface area contributed by atoms with Crippen LogP contribution in [0.3, 0.4) is 0 Å². The highest BCUT2D eigenvalue weighted by atomic mass is 32.2. The maximum atomic E-state index is 11.9. The Labute approximate surface area is 105 Å². The molecule has 0 fully saturated rings. The first-order valence-electron chi connectivity index (χ1n) is 5.36. The van der Waals surface area contributed by atoms with Crippen molar-refractivity contribution in [1.82, 2.24) is 9.97 Å². The van der Waals surface area contributed by atoms with Gasteiger partial charge in [-0.3, -0.25) is 4.72 Å². The fraction of sp³-hybridized carbons (Fsp3) is 0.182. The van der Waals surface area contributed by atoms with E-state index in [4.69, 9.17) is 0 Å². The Morgan fingerprint density at radius 2 is 2.22 bits per heavy atom. The van der Waals surface area contributed by atoms with E-state index in [0.29, 0.717) is 0 Å². The van der Waals surface area contributed by atoms with E-state index < -0.39 is 10.0 Å². The van der Waals surface area contributed by atoms with E-state index in [9.17, 15) is 13.5 Å². The smallest absolute Gasteiger partial charge is 0.279 e. The van der Waals surface area contributed by atoms with Crippen molar-refractivity contribution in [2.45, 2.75) is 18.4 Å². The maximum Gasteiger partial charge on any atom is 0.279 e. The minimum absolute atomic E-state index is 0.0520. The van der Waals surface area contributed by atoms with Gasteiger partial charge in [0.1, 0.15) is 5.75 Å². The molecule has 0 saturated heterocycles. The lowest BCUT2D eigenvalue weighted by Gasteiger charge is -2.09. The molecule has 6 nitrogen and oxygen atoms in total. The van der Waals surface area contributed by atoms with Gasteiger partial charge in [0.15, 0.2) is 5.03 Å². The number of sulfonamides is 1. The van der Waals surface area contributed by atoms with Crippen LogP contribution in [0.2, 0.25) is 0 Å². The van der Waals surface area contributed by atoms with Crippen LogP contribution in [0.1, 0.15) is 12.5 Å². The fourth-order valence-electron chi connectivity index (χ4n) is 1.47. The molecule has 3 N–H and O–H groups in total. The summed E-state index contributed by atoms with van der Waals surface area (Å²) in [7, 11) is -3.75. The van der Waals surface area contributed by atoms with E-state index in [1.54, 1.807) is 12.1 Å². The number of anilines is 1. The molecule has 0 aliphatic rings. The Kier molecular flexibility index (Phi) is 3.24. The third-order valence-electron chi connectivity index (χ3n) is 2.48. The van der Waals surface area contributed by atoms with Gasteiger partial charge in [-0.1, -0.05) is 13.0 Å². The van der Waals surface area contributed by atoms with Gasteiger partial charge in [0.25, 0.3) is 10.0 Å². The lowest BCUT2D eigenvalue weighted by molar-refractivity contribution is 0.477. The number of nitrogens with one attached hydrogen (secondary N) is 2. The summed E-state index contributed by atoms with van der Waals surface area (Å²) in [5, 5.41) is 9.59. The van der Waals surface area contributed by atoms with Crippen molar-refractivity contribution in [2.75, 3.05) is 4.72 Å². The molecule has 7 heteroatoms. The number of aromatic hydroxyl groups is 1. The number of rotatable bonds is 4. The van der Waals surface area contributed by atoms with Gasteiger partial charge in [0.2, 0.25) is 0 Å². The standard InChI is InChI=1S/C11H13N3O3S/c1-2-8-3-4-10(15)9(5-8)14-18(16,17)11-6-12-7-13-11/h3-7,14-15H,2H2,1H3,(H,12,13). The second-order valence-corrected chi connectivity index (χ2v) is 5.38. The van der Waals surface area contributed by atoms with E-state index in [2.05, 4.69) is 14.7 Å². The number of hydrogen-bond acceptors (Lipinski definition) is 4. The summed E-state index contributed by atoms with van der Waals surface area (Å²) in [5.41, 5.74) is 1.08. The van der Waals surface area contributed by atoms with Gasteiger partial charge in [-0.2, -0.15) is 8.42 Å². The van der Waals surface area contributed by atoms with Crippen LogP contribution in [0.5, 0.6) is 5.75 Å². The number of aromatic nitrogens is 2. The van der Waals surface area contributed by atoms with E-state index >= 15 is 0 Å². The molecule has 96 valence electrons. The van der Waals surface area contributed by atoms with Gasteiger partial charge >= 0.3 is 0 Å². The van der Waals surface area contributed by atoms with Crippen molar-refractivity contribution < 1.29 is 13.5 Å². The zero-order valence-corrected chi connectivity index (χ0v) is 10.5. The minimum atomic E-state index is -3.75. The van der Waals surface area contributed by atoms with Crippen LogP contribution in [0.4, 0.5) is 5.69 Å². The molecule has 0 amide bonds. The topological polar surface area (TPSA) is 95.1 Å². The quantitative estimate of drug-likeness (QED) is 0.731. The highest BCUT2D eigenvalue weighted by Crippen LogP contribution is 2.26. The molecule has 0 aliphatic carbocycles. The molecule has 0 saturated carbocycles. The number of H-pyrrole nitrogens is 1. The Balaban J connectivity index is 2.35. The molecule has 0 spiro atoms. The molecule has 0 bridgehead atoms. The molecule has 0 radical (unpaired) electrons. The Morgan fingerprint density at radius 1 is 1.44 bits per heavy atom. The molecule has 0 aliphatic heterocycles. The van der Waals surface area contributed by atoms with Crippen LogP contribution in [0, 0.1) is 0 Å². The molecular formula is C11H13N3O3S. The number of phenols is 1. The first kappa shape index (κ1) is 12.4. The van der Waals surface area contributed by atoms with E-state index in [1.807, 2.05) is 6.92 Å². The van der Waals surface area contributed by atoms with Crippen molar-refractivity contribution in [2.24, 2.45) is 0 Å². The zero-order chi connectivity index (χ0) is 13.2. The second-order valence-electron chi connectivity index (χ2n) is 3.73. The van der Waals surface area contributed by atoms with Gasteiger partial charge in [-0.25, -0.2) is 4.98 Å². The maximum absolute atomic E-state index is 11.9. The molecule has 2 rings (SSSR count). The molecule has 1 aromatic heterocycles. The predicted molar refractivity (Wildman–Crippen MR) is 66.9 cm³/mol. The summed E-state index contributed by atoms with van der Waals surface area (Å²) < 4.78 is 26.2. The summed E-state index contributed by atoms with van der Waals surface area (Å²) in [6, 6.07) is 4.80. The lowest BCUT2D eigenvalue weighted by atomic mass is 10.1. The largest absolute Gasteiger partial charge is 0.506 e. The van der Waals surface area contributed by atoms with Gasteiger partial charge in [0.05, 0.1) is 18.2 Å². The van der Waals surface area contributed by atoms with Gasteiger partial charge in [-0.05, 0) is 24.1 Å². The highest BCUT2D eigenvalue weighted by Gasteiger charge is 2.17. The predicted octanol–water partition coefficient (Wildman–Crippen LogP) is 1.48. The van der Waals surface area contributed by atoms with E-state index in [-0.39, 0.29) is 16.5 Å². The van der Waals surface area contributed by atoms with Gasteiger partial charge in [0, 0.05) is 0 Å². The average molecular weight is 267 g/mol. The third-order valence-corrected chi connectivity index (χ3v) is 3.77. The number of hydrogen-bond donors (Lipinski definition) is 3. The van der Waals surface area contributed by atoms with Crippen molar-refractivity contribution in [1.29, 1.82) is 0 Å². The van der Waals surface area contributed by atoms with Crippen LogP contribution in [0.25, 0.3) is 0 Å². The van der Waals surface area contributed by atoms with Crippen molar-refractivity contribution in [3.8, 4) is 5.75 Å². The summed E-state index contributed by atoms with van der Waals surface area (Å²) in [6.07, 6.45) is 3.22. The summed E-state index contributed by atoms with van der Waals surface area (Å²) in [4.78, 5) is 6.15. The zero-order valence-electron chi connectivity index (χ0n) is 9.71. The van der Waals surface area contributed by atoms with E-state index in [1.165, 1.54) is 18.6 Å². The summed E-state index contributed by atoms with van der Waals surface area (Å²) >= 11 is 0. The lowest BCUT2D eigenvalue weighted by Crippen LogP contribution is -2.13. The Bertz CT molecular complexity index is 636. The van der Waals surface area contributed by atoms with Crippen LogP contribution in [-0.2, 0) is 16.4 Å². The monoisotopic (exact) mass is 267 g/mol. The number of aryl methyl sites for hydroxylation is 1. The van der Waals surface area contributed by atoms with Gasteiger partial charge < -0.3 is 10.1 Å². The minimum Gasteiger partial charge on any atom is -0.506 e. The number of nitrogens with zero attached hydrogens (tertiary/aromatic N) is 1. The highest BCUT2D eigenvalue weighted by molar-refractivity contribution is 7.92. The molecule has 1 heterocycles. The molecule has 2 aromatic rings. The Morgan fingerprint density at radius 3 is 2.83 bits per heavy atom. The third kappa shape index (κ3) is 2.45. The fourth-order valence-corrected chi connectivity index (χ4v) is 2.45. The van der Waals surface area contributed by atoms with E-state index in [0.717, 1.165) is 12.0 Å². The second kappa shape index (κ2) is 4.69. The van der Waals surface area contributed by atoms with Crippen LogP contribution in [-0.4, -0.2) is 23.5 Å². The first-order chi connectivity index (χ1) is 8.53. The normalized spacial score (nSPS) is 11.4. The Hall–Kier alpha value is -2.02. The van der Waals surface area contributed by atoms with Crippen LogP contribution >= 0.6 is 0 Å². The number of phenolic OH excluding ortho intramolecular Hbond substituents is 1. The SMILES string of the molecule is CCc1ccc(O)c(NS(=O)(=O)c2cnc[nH]2)c1. The molecule has 0 atom stereocenters. The molecule has 1 aromatic carbocycles. The molecular weight excluding hydrogens is 254 g/mol. The summed E-state index contributed by atoms with van der Waals surface area (Å²) in [5.74, 6) is -0.115. The number of benzene rings is 1.